The van der Waals surface area contributed by atoms with Crippen LogP contribution in [0, 0.1) is 16.2 Å². The Balaban J connectivity index is 6.90. The number of aliphatic hydroxyl groups is 2. The zero-order chi connectivity index (χ0) is 57.9. The Morgan fingerprint density at radius 2 is 0.724 bits per heavy atom. The monoisotopic (exact) mass is 1090 g/mol. The number of carboxylic acid groups (broad SMARTS) is 1. The van der Waals surface area contributed by atoms with Crippen LogP contribution in [0.2, 0.25) is 0 Å². The van der Waals surface area contributed by atoms with Crippen LogP contribution in [-0.2, 0) is 47.9 Å². The fourth-order valence-electron chi connectivity index (χ4n) is 6.83. The van der Waals surface area contributed by atoms with Gasteiger partial charge in [-0.2, -0.15) is 0 Å². The van der Waals surface area contributed by atoms with Crippen LogP contribution >= 0.6 is 0 Å². The molecule has 0 aromatic carbocycles. The van der Waals surface area contributed by atoms with Gasteiger partial charge in [0.15, 0.2) is 17.9 Å². The number of nitrogens with one attached hydrogen (secondary N) is 16. The van der Waals surface area contributed by atoms with E-state index in [4.69, 9.17) is 39.2 Å². The predicted molar refractivity (Wildman–Crippen MR) is 275 cm³/mol. The number of carbonyl (C=O) groups excluding carboxylic acids is 9. The second-order valence-electron chi connectivity index (χ2n) is 17.3. The molecule has 27 N–H and O–H groups in total. The molecule has 76 heavy (non-hydrogen) atoms. The molecule has 0 spiro atoms. The molecule has 432 valence electrons. The lowest BCUT2D eigenvalue weighted by molar-refractivity contribution is -0.138. The number of unbranched alkanes of at least 4 members (excludes halogenated alkanes) is 1. The minimum atomic E-state index is -1.68. The van der Waals surface area contributed by atoms with Crippen molar-refractivity contribution in [1.82, 2.24) is 69.1 Å². The van der Waals surface area contributed by atoms with Gasteiger partial charge < -0.3 is 107 Å². The number of aliphatic carboxylic acids is 1. The first kappa shape index (κ1) is 68.4. The molecular formula is C43H82N20O13. The van der Waals surface area contributed by atoms with E-state index in [9.17, 15) is 63.3 Å². The highest BCUT2D eigenvalue weighted by molar-refractivity contribution is 5.98. The maximum atomic E-state index is 14.2. The fraction of sp³-hybridized carbons (Fsp3) is 0.698. The van der Waals surface area contributed by atoms with Crippen LogP contribution in [0.15, 0.2) is 0 Å². The van der Waals surface area contributed by atoms with E-state index in [0.717, 1.165) is 0 Å². The van der Waals surface area contributed by atoms with Crippen molar-refractivity contribution in [3.63, 3.8) is 0 Å². The molecule has 33 nitrogen and oxygen atoms in total. The third kappa shape index (κ3) is 28.7. The summed E-state index contributed by atoms with van der Waals surface area (Å²) >= 11 is 0. The average Bonchev–Trinajstić information content (AvgIpc) is 3.35. The largest absolute Gasteiger partial charge is 0.481 e. The predicted octanol–water partition coefficient (Wildman–Crippen LogP) is -8.99. The molecule has 0 aliphatic heterocycles. The Morgan fingerprint density at radius 1 is 0.421 bits per heavy atom. The number of nitrogens with two attached hydrogens (primary N) is 4. The standard InChI is InChI=1S/C43H82N20O13/c1-22(32(68)52-4)56-33(69)23(2)57-40(76)30(21-65)63-37(73)27(13-9-19-55-43(49)50)60-35(71)25(11-7-17-53-41(45)46)59-34(70)24(10-5-6-16-44)58-38(74)28(14-15-31(66)67)62-36(72)26(12-8-18-54-42(47)48)61-39(75)29(20-64)51-3/h22-30,51,64-65H,5-21,44H2,1-4H3,(H,52,68)(H,56,69)(H,57,76)(H,58,74)(H,59,70)(H,60,71)(H,61,75)(H,62,72)(H,63,73)(H,66,67)(H4,45,46,53)(H4,47,48,54)(H4,49,50,55)/t22-,23-,24-,25-,26-,27-,28-,29-,30-/m0/s1. The van der Waals surface area contributed by atoms with Crippen molar-refractivity contribution in [2.45, 2.75) is 139 Å². The number of amides is 9. The van der Waals surface area contributed by atoms with E-state index < -0.39 is 151 Å². The zero-order valence-electron chi connectivity index (χ0n) is 43.5. The van der Waals surface area contributed by atoms with Crippen LogP contribution in [0.25, 0.3) is 0 Å². The zero-order valence-corrected chi connectivity index (χ0v) is 43.5. The van der Waals surface area contributed by atoms with Crippen LogP contribution in [0.5, 0.6) is 0 Å². The Bertz CT molecular complexity index is 1960. The van der Waals surface area contributed by atoms with Gasteiger partial charge in [-0.15, -0.1) is 0 Å². The van der Waals surface area contributed by atoms with Gasteiger partial charge in [0.25, 0.3) is 0 Å². The first-order chi connectivity index (χ1) is 35.8. The molecule has 0 aromatic heterocycles. The van der Waals surface area contributed by atoms with E-state index in [2.05, 4.69) is 69.1 Å². The summed E-state index contributed by atoms with van der Waals surface area (Å²) in [7, 11) is 2.75. The summed E-state index contributed by atoms with van der Waals surface area (Å²) in [6.07, 6.45) is -0.815. The lowest BCUT2D eigenvalue weighted by Gasteiger charge is -2.28. The van der Waals surface area contributed by atoms with Gasteiger partial charge in [-0.25, -0.2) is 0 Å². The van der Waals surface area contributed by atoms with Crippen LogP contribution < -0.4 is 92.1 Å². The van der Waals surface area contributed by atoms with Crippen molar-refractivity contribution in [3.05, 3.63) is 0 Å². The highest BCUT2D eigenvalue weighted by atomic mass is 16.4. The summed E-state index contributed by atoms with van der Waals surface area (Å²) in [5.74, 6) is -10.5. The molecule has 0 aromatic rings. The quantitative estimate of drug-likeness (QED) is 0.0154. The minimum Gasteiger partial charge on any atom is -0.481 e. The molecule has 33 heteroatoms. The maximum Gasteiger partial charge on any atom is 0.303 e. The van der Waals surface area contributed by atoms with Crippen LogP contribution in [0.4, 0.5) is 0 Å². The molecule has 0 unspecified atom stereocenters. The van der Waals surface area contributed by atoms with E-state index in [1.54, 1.807) is 0 Å². The Labute approximate surface area is 440 Å². The van der Waals surface area contributed by atoms with Gasteiger partial charge in [0.05, 0.1) is 13.2 Å². The van der Waals surface area contributed by atoms with Gasteiger partial charge in [0, 0.05) is 33.1 Å². The Morgan fingerprint density at radius 3 is 1.04 bits per heavy atom. The lowest BCUT2D eigenvalue weighted by atomic mass is 10.0. The second kappa shape index (κ2) is 38.0. The number of hydrogen-bond donors (Lipinski definition) is 23. The number of guanidine groups is 3. The Hall–Kier alpha value is -7.65. The summed E-state index contributed by atoms with van der Waals surface area (Å²) in [6, 6.07) is -12.5. The highest BCUT2D eigenvalue weighted by Crippen LogP contribution is 2.09. The van der Waals surface area contributed by atoms with Crippen LogP contribution in [-0.4, -0.2) is 200 Å². The molecule has 0 bridgehead atoms. The number of likely N-dealkylation sites (N-methyl/N-ethyl adjacent to an activating group) is 2. The van der Waals surface area contributed by atoms with E-state index in [0.29, 0.717) is 6.42 Å². The molecule has 0 heterocycles. The van der Waals surface area contributed by atoms with Crippen molar-refractivity contribution < 1.29 is 63.3 Å². The van der Waals surface area contributed by atoms with E-state index >= 15 is 0 Å². The summed E-state index contributed by atoms with van der Waals surface area (Å²) in [6.45, 7) is 1.39. The van der Waals surface area contributed by atoms with Gasteiger partial charge >= 0.3 is 5.97 Å². The van der Waals surface area contributed by atoms with Gasteiger partial charge in [0.2, 0.25) is 53.2 Å². The van der Waals surface area contributed by atoms with Gasteiger partial charge in [-0.05, 0) is 91.6 Å². The van der Waals surface area contributed by atoms with Crippen molar-refractivity contribution in [1.29, 1.82) is 16.2 Å². The SMILES string of the molecule is CNC(=O)[C@H](C)NC(=O)[C@H](C)NC(=O)[C@H](CO)NC(=O)[C@H](CCCNC(=N)N)NC(=O)[C@H](CCCNC(=N)N)NC(=O)[C@H](CCCCN)NC(=O)[C@H](CCC(=O)O)NC(=O)[C@H](CCCNC(=N)N)NC(=O)[C@H](CO)NC. The number of hydrogen-bond acceptors (Lipinski definition) is 17. The third-order valence-corrected chi connectivity index (χ3v) is 11.1. The summed E-state index contributed by atoms with van der Waals surface area (Å²) in [4.78, 5) is 133. The highest BCUT2D eigenvalue weighted by Gasteiger charge is 2.34. The van der Waals surface area contributed by atoms with Crippen molar-refractivity contribution >= 4 is 77.0 Å². The third-order valence-electron chi connectivity index (χ3n) is 11.1. The van der Waals surface area contributed by atoms with Gasteiger partial charge in [0.1, 0.15) is 54.4 Å². The molecule has 0 saturated carbocycles. The second-order valence-corrected chi connectivity index (χ2v) is 17.3. The minimum absolute atomic E-state index is 0.0238. The first-order valence-electron chi connectivity index (χ1n) is 24.5. The maximum absolute atomic E-state index is 14.2. The van der Waals surface area contributed by atoms with Crippen LogP contribution in [0.1, 0.15) is 84.5 Å². The smallest absolute Gasteiger partial charge is 0.303 e. The number of aliphatic hydroxyl groups excluding tert-OH is 2. The molecule has 0 radical (unpaired) electrons. The molecule has 9 atom stereocenters. The molecule has 0 aliphatic rings. The van der Waals surface area contributed by atoms with Gasteiger partial charge in [-0.3, -0.25) is 64.2 Å². The average molecular weight is 1090 g/mol. The number of carboxylic acids is 1. The van der Waals surface area contributed by atoms with E-state index in [1.165, 1.54) is 27.9 Å². The molecule has 0 aliphatic carbocycles. The van der Waals surface area contributed by atoms with Crippen molar-refractivity contribution in [3.8, 4) is 0 Å². The first-order valence-corrected chi connectivity index (χ1v) is 24.5. The summed E-state index contributed by atoms with van der Waals surface area (Å²) in [5.41, 5.74) is 21.9. The molecule has 9 amide bonds. The van der Waals surface area contributed by atoms with Crippen molar-refractivity contribution in [2.75, 3.05) is 53.5 Å². The summed E-state index contributed by atoms with van der Waals surface area (Å²) in [5, 5.41) is 83.9. The molecule has 0 fully saturated rings. The lowest BCUT2D eigenvalue weighted by Crippen LogP contribution is -2.60. The van der Waals surface area contributed by atoms with E-state index in [-0.39, 0.29) is 83.5 Å². The van der Waals surface area contributed by atoms with Crippen LogP contribution in [0.3, 0.4) is 0 Å². The molecule has 0 saturated heterocycles. The normalized spacial score (nSPS) is 14.3. The Kier molecular flexibility index (Phi) is 34.2. The molecule has 0 rings (SSSR count). The summed E-state index contributed by atoms with van der Waals surface area (Å²) < 4.78 is 0. The van der Waals surface area contributed by atoms with Crippen molar-refractivity contribution in [2.24, 2.45) is 22.9 Å². The number of rotatable bonds is 39. The molecular weight excluding hydrogens is 1000 g/mol. The fourth-order valence-corrected chi connectivity index (χ4v) is 6.83. The topological polar surface area (TPSA) is 563 Å². The van der Waals surface area contributed by atoms with Gasteiger partial charge in [-0.1, -0.05) is 0 Å². The number of carbonyl (C=O) groups is 10. The van der Waals surface area contributed by atoms with E-state index in [1.807, 2.05) is 0 Å².